The van der Waals surface area contributed by atoms with Crippen LogP contribution in [0.1, 0.15) is 142 Å². The number of hydrogen-bond acceptors (Lipinski definition) is 8. The van der Waals surface area contributed by atoms with Crippen molar-refractivity contribution in [2.45, 2.75) is 152 Å². The van der Waals surface area contributed by atoms with Gasteiger partial charge in [0.1, 0.15) is 6.28 Å². The van der Waals surface area contributed by atoms with Gasteiger partial charge in [0.15, 0.2) is 0 Å². The molecule has 2 heterocycles. The standard InChI is InChI=1S/C36H50Cl2S8/c1-3-5-7-9-11-13-15-17-19-21-23-41-29-25-26(32-33(27(29)37)45-36(40)44-32)30(28(38)34-31(25)43-35(39)46-34)42-24-22-20-18-16-14-12-10-8-6-4-2/h3-24H2,1-2H3. The predicted octanol–water partition coefficient (Wildman–Crippen LogP) is 18.2. The summed E-state index contributed by atoms with van der Waals surface area (Å²) >= 11 is 36.6. The van der Waals surface area contributed by atoms with Gasteiger partial charge in [0, 0.05) is 20.6 Å². The molecule has 0 fully saturated rings. The van der Waals surface area contributed by atoms with Crippen LogP contribution in [-0.2, 0) is 0 Å². The molecule has 0 amide bonds. The van der Waals surface area contributed by atoms with Gasteiger partial charge >= 0.3 is 0 Å². The average molecular weight is 810 g/mol. The minimum Gasteiger partial charge on any atom is -0.124 e. The van der Waals surface area contributed by atoms with Crippen LogP contribution < -0.4 is 0 Å². The second-order valence-corrected chi connectivity index (χ2v) is 21.7. The molecule has 2 aromatic heterocycles. The summed E-state index contributed by atoms with van der Waals surface area (Å²) in [5.41, 5.74) is 0. The van der Waals surface area contributed by atoms with Gasteiger partial charge in [0.2, 0.25) is 0 Å². The molecule has 0 aliphatic carbocycles. The average Bonchev–Trinajstić information content (AvgIpc) is 3.63. The maximum absolute atomic E-state index is 7.28. The Morgan fingerprint density at radius 2 is 0.717 bits per heavy atom. The molecule has 46 heavy (non-hydrogen) atoms. The SMILES string of the molecule is CCCCCCCCCCCCSc1c(Cl)c2sc(=S)sc2c2c(SCCCCCCCCCCCC)c(Cl)c3sc(=S)sc3c12. The first kappa shape index (κ1) is 39.8. The molecule has 0 aliphatic heterocycles. The Morgan fingerprint density at radius 3 is 1.04 bits per heavy atom. The number of hydrogen-bond donors (Lipinski definition) is 0. The van der Waals surface area contributed by atoms with Crippen LogP contribution in [0.5, 0.6) is 0 Å². The third-order valence-corrected chi connectivity index (χ3v) is 17.6. The number of unbranched alkanes of at least 4 members (excludes halogenated alkanes) is 18. The van der Waals surface area contributed by atoms with E-state index in [1.165, 1.54) is 158 Å². The van der Waals surface area contributed by atoms with Crippen LogP contribution in [0.4, 0.5) is 0 Å². The zero-order valence-electron chi connectivity index (χ0n) is 27.6. The number of fused-ring (bicyclic) bond motifs is 5. The van der Waals surface area contributed by atoms with E-state index in [1.807, 2.05) is 23.5 Å². The number of rotatable bonds is 24. The molecule has 4 rings (SSSR count). The maximum atomic E-state index is 7.28. The summed E-state index contributed by atoms with van der Waals surface area (Å²) in [7, 11) is 0. The van der Waals surface area contributed by atoms with Crippen molar-refractivity contribution < 1.29 is 0 Å². The highest BCUT2D eigenvalue weighted by atomic mass is 35.5. The Morgan fingerprint density at radius 1 is 0.435 bits per heavy atom. The van der Waals surface area contributed by atoms with Gasteiger partial charge in [-0.05, 0) is 24.3 Å². The second kappa shape index (κ2) is 22.1. The fourth-order valence-electron chi connectivity index (χ4n) is 6.06. The van der Waals surface area contributed by atoms with Crippen molar-refractivity contribution in [1.82, 2.24) is 0 Å². The van der Waals surface area contributed by atoms with E-state index in [0.29, 0.717) is 0 Å². The molecule has 0 radical (unpaired) electrons. The molecule has 0 N–H and O–H groups in total. The van der Waals surface area contributed by atoms with E-state index in [2.05, 4.69) is 13.8 Å². The molecule has 0 saturated carbocycles. The first-order valence-electron chi connectivity index (χ1n) is 17.6. The lowest BCUT2D eigenvalue weighted by Crippen LogP contribution is -1.90. The predicted molar refractivity (Wildman–Crippen MR) is 227 cm³/mol. The number of halogens is 2. The zero-order chi connectivity index (χ0) is 32.7. The summed E-state index contributed by atoms with van der Waals surface area (Å²) in [6.45, 7) is 4.58. The molecule has 0 bridgehead atoms. The van der Waals surface area contributed by atoms with Gasteiger partial charge in [0.25, 0.3) is 0 Å². The largest absolute Gasteiger partial charge is 0.144 e. The van der Waals surface area contributed by atoms with Crippen LogP contribution in [-0.4, -0.2) is 11.5 Å². The molecule has 0 nitrogen and oxygen atoms in total. The lowest BCUT2D eigenvalue weighted by atomic mass is 10.1. The smallest absolute Gasteiger partial charge is 0.124 e. The summed E-state index contributed by atoms with van der Waals surface area (Å²) in [6, 6.07) is 0. The van der Waals surface area contributed by atoms with Crippen molar-refractivity contribution in [3.05, 3.63) is 16.3 Å². The van der Waals surface area contributed by atoms with Crippen LogP contribution >= 0.6 is 117 Å². The quantitative estimate of drug-likeness (QED) is 0.0393. The summed E-state index contributed by atoms with van der Waals surface area (Å²) in [6.07, 6.45) is 27.0. The van der Waals surface area contributed by atoms with Gasteiger partial charge in [-0.15, -0.1) is 68.9 Å². The van der Waals surface area contributed by atoms with Crippen molar-refractivity contribution in [2.75, 3.05) is 11.5 Å². The molecule has 0 spiro atoms. The van der Waals surface area contributed by atoms with Gasteiger partial charge in [0.05, 0.1) is 28.8 Å². The first-order chi connectivity index (χ1) is 22.5. The molecule has 4 aromatic rings. The summed E-state index contributed by atoms with van der Waals surface area (Å²) in [5.74, 6) is 2.15. The molecule has 10 heteroatoms. The molecule has 256 valence electrons. The van der Waals surface area contributed by atoms with Crippen LogP contribution in [0, 0.1) is 6.28 Å². The van der Waals surface area contributed by atoms with Crippen molar-refractivity contribution >= 4 is 146 Å². The monoisotopic (exact) mass is 808 g/mol. The Balaban J connectivity index is 1.47. The van der Waals surface area contributed by atoms with E-state index < -0.39 is 0 Å². The lowest BCUT2D eigenvalue weighted by molar-refractivity contribution is 0.563. The molecule has 0 unspecified atom stereocenters. The van der Waals surface area contributed by atoms with Gasteiger partial charge < -0.3 is 0 Å². The first-order valence-corrected chi connectivity index (χ1v) is 24.4. The highest BCUT2D eigenvalue weighted by Gasteiger charge is 2.25. The molecular formula is C36H50Cl2S8. The Hall–Kier alpha value is 1.04. The summed E-state index contributed by atoms with van der Waals surface area (Å²) in [5, 5.41) is 4.27. The van der Waals surface area contributed by atoms with Crippen molar-refractivity contribution in [1.29, 1.82) is 0 Å². The summed E-state index contributed by atoms with van der Waals surface area (Å²) < 4.78 is 6.52. The molecule has 2 aromatic carbocycles. The number of benzene rings is 2. The van der Waals surface area contributed by atoms with E-state index >= 15 is 0 Å². The van der Waals surface area contributed by atoms with Crippen molar-refractivity contribution in [2.24, 2.45) is 0 Å². The Bertz CT molecular complexity index is 1490. The highest BCUT2D eigenvalue weighted by molar-refractivity contribution is 8.00. The van der Waals surface area contributed by atoms with E-state index in [0.717, 1.165) is 37.2 Å². The molecule has 0 atom stereocenters. The van der Waals surface area contributed by atoms with Gasteiger partial charge in [-0.25, -0.2) is 0 Å². The fourth-order valence-corrected chi connectivity index (χ4v) is 14.9. The minimum atomic E-state index is 0.871. The molecular weight excluding hydrogens is 760 g/mol. The fraction of sp³-hybridized carbons (Fsp3) is 0.667. The Kier molecular flexibility index (Phi) is 19.1. The summed E-state index contributed by atoms with van der Waals surface area (Å²) in [4.78, 5) is 2.41. The third-order valence-electron chi connectivity index (χ3n) is 8.60. The van der Waals surface area contributed by atoms with Gasteiger partial charge in [-0.3, -0.25) is 0 Å². The van der Waals surface area contributed by atoms with Crippen LogP contribution in [0.3, 0.4) is 0 Å². The third kappa shape index (κ3) is 11.5. The van der Waals surface area contributed by atoms with E-state index in [1.54, 1.807) is 45.3 Å². The zero-order valence-corrected chi connectivity index (χ0v) is 35.6. The minimum absolute atomic E-state index is 0.871. The van der Waals surface area contributed by atoms with Crippen LogP contribution in [0.25, 0.3) is 29.6 Å². The van der Waals surface area contributed by atoms with Crippen LogP contribution in [0.2, 0.25) is 10.0 Å². The highest BCUT2D eigenvalue weighted by Crippen LogP contribution is 2.55. The van der Waals surface area contributed by atoms with E-state index in [-0.39, 0.29) is 0 Å². The van der Waals surface area contributed by atoms with E-state index in [4.69, 9.17) is 47.6 Å². The van der Waals surface area contributed by atoms with Gasteiger partial charge in [-0.2, -0.15) is 0 Å². The second-order valence-electron chi connectivity index (χ2n) is 12.3. The maximum Gasteiger partial charge on any atom is 0.144 e. The van der Waals surface area contributed by atoms with Crippen molar-refractivity contribution in [3.8, 4) is 0 Å². The topological polar surface area (TPSA) is 0 Å². The van der Waals surface area contributed by atoms with Crippen molar-refractivity contribution in [3.63, 3.8) is 0 Å². The van der Waals surface area contributed by atoms with E-state index in [9.17, 15) is 0 Å². The molecule has 0 saturated heterocycles. The Labute approximate surface area is 322 Å². The van der Waals surface area contributed by atoms with Gasteiger partial charge in [-0.1, -0.05) is 177 Å². The number of thioether (sulfide) groups is 2. The lowest BCUT2D eigenvalue weighted by Gasteiger charge is -2.16. The van der Waals surface area contributed by atoms with Crippen LogP contribution in [0.15, 0.2) is 9.79 Å². The normalized spacial score (nSPS) is 12.0. The molecule has 0 aliphatic rings.